The number of rotatable bonds is 5. The predicted molar refractivity (Wildman–Crippen MR) is 68.2 cm³/mol. The molecule has 0 unspecified atom stereocenters. The van der Waals surface area contributed by atoms with E-state index < -0.39 is 0 Å². The first-order valence-electron chi connectivity index (χ1n) is 5.82. The Morgan fingerprint density at radius 3 is 2.78 bits per heavy atom. The zero-order valence-corrected chi connectivity index (χ0v) is 10.6. The molecule has 2 aromatic rings. The quantitative estimate of drug-likeness (QED) is 0.758. The molecule has 18 heavy (non-hydrogen) atoms. The average Bonchev–Trinajstić information content (AvgIpc) is 2.76. The van der Waals surface area contributed by atoms with Crippen LogP contribution in [0.5, 0.6) is 0 Å². The Balaban J connectivity index is 1.96. The number of pyridine rings is 1. The highest BCUT2D eigenvalue weighted by Gasteiger charge is 2.06. The number of aromatic nitrogens is 1. The first kappa shape index (κ1) is 12.5. The van der Waals surface area contributed by atoms with Gasteiger partial charge >= 0.3 is 0 Å². The number of carbonyl (C=O) groups excluding carboxylic acids is 1. The maximum Gasteiger partial charge on any atom is 0.185 e. The molecule has 0 fully saturated rings. The van der Waals surface area contributed by atoms with Gasteiger partial charge in [0.2, 0.25) is 0 Å². The first-order valence-corrected chi connectivity index (χ1v) is 5.82. The van der Waals surface area contributed by atoms with Gasteiger partial charge in [-0.3, -0.25) is 14.7 Å². The molecule has 0 bridgehead atoms. The van der Waals surface area contributed by atoms with Crippen molar-refractivity contribution in [3.05, 3.63) is 53.2 Å². The van der Waals surface area contributed by atoms with Crippen molar-refractivity contribution in [3.63, 3.8) is 0 Å². The van der Waals surface area contributed by atoms with E-state index in [4.69, 9.17) is 4.42 Å². The van der Waals surface area contributed by atoms with E-state index in [1.54, 1.807) is 6.07 Å². The standard InChI is InChI=1S/C14H16N2O2/c1-11-4-3-5-12(15-11)8-16(2)9-13-6-7-14(10-17)18-13/h3-7,10H,8-9H2,1-2H3. The van der Waals surface area contributed by atoms with Crippen LogP contribution in [0.3, 0.4) is 0 Å². The Morgan fingerprint density at radius 2 is 2.11 bits per heavy atom. The second kappa shape index (κ2) is 5.60. The Bertz CT molecular complexity index is 534. The molecule has 4 nitrogen and oxygen atoms in total. The molecule has 0 N–H and O–H groups in total. The number of furan rings is 1. The fourth-order valence-electron chi connectivity index (χ4n) is 1.83. The summed E-state index contributed by atoms with van der Waals surface area (Å²) in [7, 11) is 1.99. The molecule has 2 aromatic heterocycles. The van der Waals surface area contributed by atoms with E-state index in [0.29, 0.717) is 18.6 Å². The van der Waals surface area contributed by atoms with Gasteiger partial charge in [0.25, 0.3) is 0 Å². The molecule has 0 saturated carbocycles. The van der Waals surface area contributed by atoms with Gasteiger partial charge in [0.05, 0.1) is 12.2 Å². The molecule has 0 aliphatic heterocycles. The second-order valence-electron chi connectivity index (χ2n) is 4.36. The SMILES string of the molecule is Cc1cccc(CN(C)Cc2ccc(C=O)o2)n1. The molecule has 0 aromatic carbocycles. The maximum absolute atomic E-state index is 10.5. The third kappa shape index (κ3) is 3.28. The highest BCUT2D eigenvalue weighted by molar-refractivity contribution is 5.70. The monoisotopic (exact) mass is 244 g/mol. The van der Waals surface area contributed by atoms with Crippen LogP contribution in [0, 0.1) is 6.92 Å². The number of aldehydes is 1. The summed E-state index contributed by atoms with van der Waals surface area (Å²) in [6.07, 6.45) is 0.714. The zero-order valence-electron chi connectivity index (χ0n) is 10.6. The van der Waals surface area contributed by atoms with Crippen molar-refractivity contribution in [3.8, 4) is 0 Å². The summed E-state index contributed by atoms with van der Waals surface area (Å²) in [4.78, 5) is 17.1. The Labute approximate surface area is 106 Å². The highest BCUT2D eigenvalue weighted by atomic mass is 16.3. The lowest BCUT2D eigenvalue weighted by atomic mass is 10.3. The summed E-state index contributed by atoms with van der Waals surface area (Å²) in [5.41, 5.74) is 2.04. The zero-order chi connectivity index (χ0) is 13.0. The van der Waals surface area contributed by atoms with Gasteiger partial charge in [0.1, 0.15) is 5.76 Å². The van der Waals surface area contributed by atoms with Crippen LogP contribution in [0.4, 0.5) is 0 Å². The Kier molecular flexibility index (Phi) is 3.89. The molecule has 2 heterocycles. The number of hydrogen-bond donors (Lipinski definition) is 0. The summed E-state index contributed by atoms with van der Waals surface area (Å²) in [5, 5.41) is 0. The van der Waals surface area contributed by atoms with Crippen LogP contribution in [-0.4, -0.2) is 23.2 Å². The number of aryl methyl sites for hydroxylation is 1. The number of hydrogen-bond acceptors (Lipinski definition) is 4. The van der Waals surface area contributed by atoms with E-state index in [1.807, 2.05) is 38.2 Å². The largest absolute Gasteiger partial charge is 0.457 e. The Morgan fingerprint density at radius 1 is 1.28 bits per heavy atom. The van der Waals surface area contributed by atoms with Gasteiger partial charge in [0, 0.05) is 12.2 Å². The van der Waals surface area contributed by atoms with E-state index in [-0.39, 0.29) is 0 Å². The molecular formula is C14H16N2O2. The summed E-state index contributed by atoms with van der Waals surface area (Å²) in [6.45, 7) is 3.38. The van der Waals surface area contributed by atoms with E-state index in [0.717, 1.165) is 23.7 Å². The molecule has 0 atom stereocenters. The number of nitrogens with zero attached hydrogens (tertiary/aromatic N) is 2. The van der Waals surface area contributed by atoms with Gasteiger partial charge in [-0.2, -0.15) is 0 Å². The minimum Gasteiger partial charge on any atom is -0.457 e. The van der Waals surface area contributed by atoms with E-state index in [1.165, 1.54) is 0 Å². The van der Waals surface area contributed by atoms with Crippen LogP contribution in [0.2, 0.25) is 0 Å². The van der Waals surface area contributed by atoms with Gasteiger partial charge in [-0.05, 0) is 38.2 Å². The molecule has 0 radical (unpaired) electrons. The minimum absolute atomic E-state index is 0.368. The molecule has 0 aliphatic rings. The second-order valence-corrected chi connectivity index (χ2v) is 4.36. The van der Waals surface area contributed by atoms with Crippen molar-refractivity contribution in [2.45, 2.75) is 20.0 Å². The fourth-order valence-corrected chi connectivity index (χ4v) is 1.83. The summed E-state index contributed by atoms with van der Waals surface area (Å²) in [5.74, 6) is 1.15. The van der Waals surface area contributed by atoms with Gasteiger partial charge in [-0.15, -0.1) is 0 Å². The fraction of sp³-hybridized carbons (Fsp3) is 0.286. The lowest BCUT2D eigenvalue weighted by Crippen LogP contribution is -2.17. The van der Waals surface area contributed by atoms with Gasteiger partial charge in [-0.1, -0.05) is 6.07 Å². The minimum atomic E-state index is 0.368. The molecule has 94 valence electrons. The van der Waals surface area contributed by atoms with Crippen LogP contribution >= 0.6 is 0 Å². The summed E-state index contributed by atoms with van der Waals surface area (Å²) in [6, 6.07) is 9.49. The van der Waals surface area contributed by atoms with Crippen LogP contribution in [0.15, 0.2) is 34.7 Å². The lowest BCUT2D eigenvalue weighted by molar-refractivity contribution is 0.109. The Hall–Kier alpha value is -1.94. The molecule has 4 heteroatoms. The molecule has 2 rings (SSSR count). The average molecular weight is 244 g/mol. The maximum atomic E-state index is 10.5. The van der Waals surface area contributed by atoms with Crippen molar-refractivity contribution < 1.29 is 9.21 Å². The van der Waals surface area contributed by atoms with E-state index in [9.17, 15) is 4.79 Å². The van der Waals surface area contributed by atoms with Crippen molar-refractivity contribution in [1.29, 1.82) is 0 Å². The van der Waals surface area contributed by atoms with Crippen molar-refractivity contribution >= 4 is 6.29 Å². The van der Waals surface area contributed by atoms with Crippen molar-refractivity contribution in [2.75, 3.05) is 7.05 Å². The smallest absolute Gasteiger partial charge is 0.185 e. The van der Waals surface area contributed by atoms with E-state index >= 15 is 0 Å². The predicted octanol–water partition coefficient (Wildman–Crippen LogP) is 2.43. The summed E-state index contributed by atoms with van der Waals surface area (Å²) >= 11 is 0. The van der Waals surface area contributed by atoms with Gasteiger partial charge in [-0.25, -0.2) is 0 Å². The first-order chi connectivity index (χ1) is 8.67. The van der Waals surface area contributed by atoms with Crippen LogP contribution < -0.4 is 0 Å². The van der Waals surface area contributed by atoms with E-state index in [2.05, 4.69) is 9.88 Å². The third-order valence-electron chi connectivity index (χ3n) is 2.60. The molecule has 0 amide bonds. The number of carbonyl (C=O) groups is 1. The summed E-state index contributed by atoms with van der Waals surface area (Å²) < 4.78 is 5.33. The molecule has 0 spiro atoms. The highest BCUT2D eigenvalue weighted by Crippen LogP contribution is 2.10. The van der Waals surface area contributed by atoms with Gasteiger partial charge in [0.15, 0.2) is 12.0 Å². The van der Waals surface area contributed by atoms with Crippen molar-refractivity contribution in [2.24, 2.45) is 0 Å². The third-order valence-corrected chi connectivity index (χ3v) is 2.60. The lowest BCUT2D eigenvalue weighted by Gasteiger charge is -2.14. The van der Waals surface area contributed by atoms with Crippen LogP contribution in [0.25, 0.3) is 0 Å². The normalized spacial score (nSPS) is 10.8. The molecule has 0 aliphatic carbocycles. The van der Waals surface area contributed by atoms with Gasteiger partial charge < -0.3 is 4.42 Å². The topological polar surface area (TPSA) is 46.3 Å². The van der Waals surface area contributed by atoms with Crippen LogP contribution in [-0.2, 0) is 13.1 Å². The molecular weight excluding hydrogens is 228 g/mol. The van der Waals surface area contributed by atoms with Crippen LogP contribution in [0.1, 0.15) is 27.7 Å². The van der Waals surface area contributed by atoms with Crippen molar-refractivity contribution in [1.82, 2.24) is 9.88 Å². The molecule has 0 saturated heterocycles.